The molecule has 0 atom stereocenters. The number of aliphatic carboxylic acids is 2. The fourth-order valence-corrected chi connectivity index (χ4v) is 1.39. The molecule has 0 spiro atoms. The van der Waals surface area contributed by atoms with E-state index < -0.39 is 24.5 Å². The van der Waals surface area contributed by atoms with E-state index in [1.165, 1.54) is 0 Å². The topological polar surface area (TPSA) is 156 Å². The third kappa shape index (κ3) is 42.8. The van der Waals surface area contributed by atoms with Gasteiger partial charge in [0.1, 0.15) is 0 Å². The van der Waals surface area contributed by atoms with Crippen LogP contribution < -0.4 is 0 Å². The summed E-state index contributed by atoms with van der Waals surface area (Å²) in [6, 6.07) is 0. The maximum Gasteiger partial charge on any atom is 0.303 e. The highest BCUT2D eigenvalue weighted by Crippen LogP contribution is 2.00. The average molecular weight is 354 g/mol. The predicted molar refractivity (Wildman–Crippen MR) is 89.2 cm³/mol. The van der Waals surface area contributed by atoms with Crippen molar-refractivity contribution in [3.05, 3.63) is 0 Å². The van der Waals surface area contributed by atoms with Crippen LogP contribution in [0.3, 0.4) is 0 Å². The molecular formula is C16H34O8. The molecular weight excluding hydrogens is 320 g/mol. The predicted octanol–water partition coefficient (Wildman–Crippen LogP) is 1.69. The number of hydrogen-bond donors (Lipinski definition) is 6. The van der Waals surface area contributed by atoms with E-state index in [2.05, 4.69) is 6.92 Å². The molecule has 0 bridgehead atoms. The molecule has 8 nitrogen and oxygen atoms in total. The molecule has 0 aliphatic heterocycles. The molecule has 0 heterocycles. The Kier molecular flexibility index (Phi) is 25.1. The summed E-state index contributed by atoms with van der Waals surface area (Å²) >= 11 is 0. The number of carboxylic acid groups (broad SMARTS) is 2. The largest absolute Gasteiger partial charge is 0.481 e. The third-order valence-corrected chi connectivity index (χ3v) is 2.64. The van der Waals surface area contributed by atoms with Gasteiger partial charge in [0.25, 0.3) is 0 Å². The van der Waals surface area contributed by atoms with Crippen LogP contribution in [-0.2, 0) is 9.59 Å². The Labute approximate surface area is 143 Å². The molecule has 0 saturated heterocycles. The molecule has 0 aromatic rings. The van der Waals surface area contributed by atoms with E-state index in [0.717, 1.165) is 25.7 Å². The zero-order chi connectivity index (χ0) is 19.4. The first-order valence-corrected chi connectivity index (χ1v) is 8.33. The molecule has 0 radical (unpaired) electrons. The van der Waals surface area contributed by atoms with Crippen LogP contribution in [0.5, 0.6) is 0 Å². The van der Waals surface area contributed by atoms with Gasteiger partial charge in [-0.3, -0.25) is 9.59 Å². The van der Waals surface area contributed by atoms with Crippen LogP contribution in [0.25, 0.3) is 0 Å². The van der Waals surface area contributed by atoms with Crippen molar-refractivity contribution < 1.29 is 40.2 Å². The van der Waals surface area contributed by atoms with Crippen LogP contribution in [0.4, 0.5) is 0 Å². The van der Waals surface area contributed by atoms with Gasteiger partial charge in [0.05, 0.1) is 0 Å². The van der Waals surface area contributed by atoms with E-state index >= 15 is 0 Å². The van der Waals surface area contributed by atoms with Crippen molar-refractivity contribution in [3.63, 3.8) is 0 Å². The van der Waals surface area contributed by atoms with Crippen molar-refractivity contribution >= 4 is 11.9 Å². The van der Waals surface area contributed by atoms with E-state index in [9.17, 15) is 9.59 Å². The summed E-state index contributed by atoms with van der Waals surface area (Å²) in [4.78, 5) is 19.8. The lowest BCUT2D eigenvalue weighted by Crippen LogP contribution is -2.02. The maximum atomic E-state index is 9.90. The summed E-state index contributed by atoms with van der Waals surface area (Å²) < 4.78 is 0. The number of hydrogen-bond acceptors (Lipinski definition) is 6. The fourth-order valence-electron chi connectivity index (χ4n) is 1.39. The van der Waals surface area contributed by atoms with E-state index in [-0.39, 0.29) is 12.8 Å². The van der Waals surface area contributed by atoms with Gasteiger partial charge < -0.3 is 30.6 Å². The Bertz CT molecular complexity index is 263. The molecule has 0 unspecified atom stereocenters. The zero-order valence-electron chi connectivity index (χ0n) is 14.7. The summed E-state index contributed by atoms with van der Waals surface area (Å²) in [7, 11) is 0. The number of rotatable bonds is 11. The summed E-state index contributed by atoms with van der Waals surface area (Å²) in [5.74, 6) is -1.74. The minimum atomic E-state index is -1.10. The molecule has 0 saturated carbocycles. The number of aliphatic hydroxyl groups excluding tert-OH is 2. The minimum absolute atomic E-state index is 0.0628. The van der Waals surface area contributed by atoms with Crippen molar-refractivity contribution in [3.8, 4) is 0 Å². The fraction of sp³-hybridized carbons (Fsp3) is 0.875. The van der Waals surface area contributed by atoms with Gasteiger partial charge in [-0.2, -0.15) is 0 Å². The van der Waals surface area contributed by atoms with Crippen LogP contribution in [0.15, 0.2) is 0 Å². The van der Waals surface area contributed by atoms with E-state index in [1.807, 2.05) is 6.92 Å². The van der Waals surface area contributed by atoms with Crippen molar-refractivity contribution in [2.75, 3.05) is 0 Å². The second kappa shape index (κ2) is 21.8. The highest BCUT2D eigenvalue weighted by atomic mass is 16.5. The van der Waals surface area contributed by atoms with Gasteiger partial charge in [-0.05, 0) is 32.1 Å². The SMILES string of the molecule is CCCC(O)O.CCCCCC(O)O.O=C(O)CCCCC(=O)O. The molecule has 6 N–H and O–H groups in total. The Morgan fingerprint density at radius 1 is 0.667 bits per heavy atom. The van der Waals surface area contributed by atoms with E-state index in [0.29, 0.717) is 25.7 Å². The normalized spacial score (nSPS) is 9.83. The number of unbranched alkanes of at least 4 members (excludes halogenated alkanes) is 3. The number of carbonyl (C=O) groups is 2. The minimum Gasteiger partial charge on any atom is -0.481 e. The monoisotopic (exact) mass is 354 g/mol. The summed E-state index contributed by atoms with van der Waals surface area (Å²) in [6.07, 6.45) is 3.81. The average Bonchev–Trinajstić information content (AvgIpc) is 2.44. The van der Waals surface area contributed by atoms with Crippen LogP contribution in [0.2, 0.25) is 0 Å². The smallest absolute Gasteiger partial charge is 0.303 e. The van der Waals surface area contributed by atoms with Gasteiger partial charge in [0.15, 0.2) is 12.6 Å². The molecule has 8 heteroatoms. The van der Waals surface area contributed by atoms with Gasteiger partial charge in [-0.1, -0.05) is 33.1 Å². The zero-order valence-corrected chi connectivity index (χ0v) is 14.7. The molecule has 0 aliphatic rings. The lowest BCUT2D eigenvalue weighted by Gasteiger charge is -1.99. The molecule has 24 heavy (non-hydrogen) atoms. The molecule has 0 rings (SSSR count). The van der Waals surface area contributed by atoms with Crippen LogP contribution in [-0.4, -0.2) is 55.2 Å². The number of carboxylic acids is 2. The third-order valence-electron chi connectivity index (χ3n) is 2.64. The second-order valence-electron chi connectivity index (χ2n) is 5.24. The lowest BCUT2D eigenvalue weighted by molar-refractivity contribution is -0.139. The van der Waals surface area contributed by atoms with Crippen LogP contribution >= 0.6 is 0 Å². The molecule has 146 valence electrons. The standard InChI is InChI=1S/C6H10O4.C6H14O2.C4H10O2/c7-5(8)3-1-2-4-6(9)10;1-2-3-4-5-6(7)8;1-2-3-4(5)6/h1-4H2,(H,7,8)(H,9,10);6-8H,2-5H2,1H3;4-6H,2-3H2,1H3. The highest BCUT2D eigenvalue weighted by Gasteiger charge is 1.99. The van der Waals surface area contributed by atoms with Gasteiger partial charge in [0, 0.05) is 12.8 Å². The Hall–Kier alpha value is -1.22. The molecule has 0 aromatic carbocycles. The molecule has 0 fully saturated rings. The summed E-state index contributed by atoms with van der Waals surface area (Å²) in [6.45, 7) is 3.99. The second-order valence-corrected chi connectivity index (χ2v) is 5.24. The van der Waals surface area contributed by atoms with Crippen molar-refractivity contribution in [1.82, 2.24) is 0 Å². The first-order valence-electron chi connectivity index (χ1n) is 8.33. The van der Waals surface area contributed by atoms with Gasteiger partial charge >= 0.3 is 11.9 Å². The Morgan fingerprint density at radius 3 is 1.29 bits per heavy atom. The summed E-state index contributed by atoms with van der Waals surface area (Å²) in [5, 5.41) is 49.1. The molecule has 0 aliphatic carbocycles. The van der Waals surface area contributed by atoms with Gasteiger partial charge in [0.2, 0.25) is 0 Å². The quantitative estimate of drug-likeness (QED) is 0.242. The van der Waals surface area contributed by atoms with E-state index in [4.69, 9.17) is 30.6 Å². The first-order chi connectivity index (χ1) is 11.2. The van der Waals surface area contributed by atoms with Crippen LogP contribution in [0, 0.1) is 0 Å². The maximum absolute atomic E-state index is 9.90. The Balaban J connectivity index is -0.000000285. The van der Waals surface area contributed by atoms with E-state index in [1.54, 1.807) is 0 Å². The van der Waals surface area contributed by atoms with Crippen LogP contribution in [0.1, 0.15) is 78.1 Å². The molecule has 0 aromatic heterocycles. The van der Waals surface area contributed by atoms with Gasteiger partial charge in [-0.15, -0.1) is 0 Å². The van der Waals surface area contributed by atoms with Gasteiger partial charge in [-0.25, -0.2) is 0 Å². The number of aliphatic hydroxyl groups is 4. The Morgan fingerprint density at radius 2 is 1.08 bits per heavy atom. The van der Waals surface area contributed by atoms with Crippen molar-refractivity contribution in [2.45, 2.75) is 90.6 Å². The first kappa shape index (κ1) is 27.6. The van der Waals surface area contributed by atoms with Crippen molar-refractivity contribution in [2.24, 2.45) is 0 Å². The highest BCUT2D eigenvalue weighted by molar-refractivity contribution is 5.67. The lowest BCUT2D eigenvalue weighted by atomic mass is 10.2. The molecule has 0 amide bonds. The summed E-state index contributed by atoms with van der Waals surface area (Å²) in [5.41, 5.74) is 0. The van der Waals surface area contributed by atoms with Crippen molar-refractivity contribution in [1.29, 1.82) is 0 Å².